The zero-order valence-electron chi connectivity index (χ0n) is 11.3. The van der Waals surface area contributed by atoms with Crippen molar-refractivity contribution in [2.75, 3.05) is 0 Å². The van der Waals surface area contributed by atoms with Crippen LogP contribution in [0.15, 0.2) is 36.4 Å². The van der Waals surface area contributed by atoms with Crippen molar-refractivity contribution < 1.29 is 13.2 Å². The monoisotopic (exact) mass is 290 g/mol. The Kier molecular flexibility index (Phi) is 4.61. The number of halogens is 3. The lowest BCUT2D eigenvalue weighted by Crippen LogP contribution is -2.19. The molecule has 1 unspecified atom stereocenters. The molecule has 0 saturated heterocycles. The van der Waals surface area contributed by atoms with E-state index in [-0.39, 0.29) is 29.5 Å². The molecule has 0 amide bonds. The van der Waals surface area contributed by atoms with Gasteiger partial charge in [-0.25, -0.2) is 13.2 Å². The summed E-state index contributed by atoms with van der Waals surface area (Å²) in [5, 5.41) is 11.6. The van der Waals surface area contributed by atoms with Gasteiger partial charge in [0.2, 0.25) is 0 Å². The van der Waals surface area contributed by atoms with Crippen LogP contribution in [0.3, 0.4) is 0 Å². The fourth-order valence-electron chi connectivity index (χ4n) is 1.96. The molecule has 2 aromatic carbocycles. The number of nitrogens with one attached hydrogen (secondary N) is 1. The lowest BCUT2D eigenvalue weighted by Gasteiger charge is -2.15. The Morgan fingerprint density at radius 3 is 2.19 bits per heavy atom. The first-order valence-corrected chi connectivity index (χ1v) is 6.38. The summed E-state index contributed by atoms with van der Waals surface area (Å²) in [5.41, 5.74) is 0.633. The summed E-state index contributed by atoms with van der Waals surface area (Å²) in [7, 11) is 0. The predicted octanol–water partition coefficient (Wildman–Crippen LogP) is 3.83. The molecule has 0 heterocycles. The Labute approximate surface area is 120 Å². The van der Waals surface area contributed by atoms with Crippen molar-refractivity contribution in [2.45, 2.75) is 19.5 Å². The third kappa shape index (κ3) is 3.61. The van der Waals surface area contributed by atoms with E-state index in [1.807, 2.05) is 6.92 Å². The first-order chi connectivity index (χ1) is 10.0. The molecule has 2 rings (SSSR count). The maximum atomic E-state index is 13.7. The Balaban J connectivity index is 2.10. The molecule has 0 spiro atoms. The second-order valence-electron chi connectivity index (χ2n) is 4.68. The third-order valence-corrected chi connectivity index (χ3v) is 3.23. The van der Waals surface area contributed by atoms with Crippen LogP contribution in [0.1, 0.15) is 29.7 Å². The van der Waals surface area contributed by atoms with E-state index >= 15 is 0 Å². The van der Waals surface area contributed by atoms with Gasteiger partial charge in [0.1, 0.15) is 17.5 Å². The smallest absolute Gasteiger partial charge is 0.131 e. The van der Waals surface area contributed by atoms with Gasteiger partial charge in [-0.2, -0.15) is 5.26 Å². The highest BCUT2D eigenvalue weighted by Crippen LogP contribution is 2.18. The number of rotatable bonds is 4. The fourth-order valence-corrected chi connectivity index (χ4v) is 1.96. The first kappa shape index (κ1) is 15.1. The highest BCUT2D eigenvalue weighted by molar-refractivity contribution is 5.34. The van der Waals surface area contributed by atoms with Crippen LogP contribution in [0, 0.1) is 28.8 Å². The van der Waals surface area contributed by atoms with Crippen LogP contribution in [-0.4, -0.2) is 0 Å². The fraction of sp³-hybridized carbons (Fsp3) is 0.188. The molecule has 0 aliphatic rings. The minimum absolute atomic E-state index is 0.0259. The van der Waals surface area contributed by atoms with E-state index in [0.29, 0.717) is 0 Å². The van der Waals surface area contributed by atoms with Gasteiger partial charge in [0, 0.05) is 18.2 Å². The molecular weight excluding hydrogens is 277 g/mol. The number of nitrogens with zero attached hydrogens (tertiary/aromatic N) is 1. The molecule has 108 valence electrons. The third-order valence-electron chi connectivity index (χ3n) is 3.23. The maximum absolute atomic E-state index is 13.7. The predicted molar refractivity (Wildman–Crippen MR) is 72.7 cm³/mol. The van der Waals surface area contributed by atoms with Gasteiger partial charge >= 0.3 is 0 Å². The lowest BCUT2D eigenvalue weighted by molar-refractivity contribution is 0.508. The van der Waals surface area contributed by atoms with Crippen LogP contribution < -0.4 is 5.32 Å². The average Bonchev–Trinajstić information content (AvgIpc) is 2.46. The quantitative estimate of drug-likeness (QED) is 0.929. The average molecular weight is 290 g/mol. The summed E-state index contributed by atoms with van der Waals surface area (Å²) in [4.78, 5) is 0. The van der Waals surface area contributed by atoms with Crippen LogP contribution in [0.4, 0.5) is 13.2 Å². The number of nitriles is 1. The molecule has 2 nitrogen and oxygen atoms in total. The standard InChI is InChI=1S/C16H13F3N2/c1-10(12-2-4-13(17)5-3-12)21-9-14-15(18)6-11(8-20)7-16(14)19/h2-7,10,21H,9H2,1H3. The molecule has 2 aromatic rings. The highest BCUT2D eigenvalue weighted by Gasteiger charge is 2.13. The van der Waals surface area contributed by atoms with E-state index in [9.17, 15) is 13.2 Å². The summed E-state index contributed by atoms with van der Waals surface area (Å²) in [6.45, 7) is 1.79. The van der Waals surface area contributed by atoms with Crippen LogP contribution in [0.25, 0.3) is 0 Å². The minimum atomic E-state index is -0.759. The zero-order chi connectivity index (χ0) is 15.4. The van der Waals surface area contributed by atoms with E-state index in [0.717, 1.165) is 17.7 Å². The molecular formula is C16H13F3N2. The Hall–Kier alpha value is -2.32. The number of hydrogen-bond donors (Lipinski definition) is 1. The van der Waals surface area contributed by atoms with Gasteiger partial charge in [0.05, 0.1) is 11.6 Å². The topological polar surface area (TPSA) is 35.8 Å². The van der Waals surface area contributed by atoms with Crippen molar-refractivity contribution in [1.29, 1.82) is 5.26 Å². The van der Waals surface area contributed by atoms with E-state index in [2.05, 4.69) is 5.32 Å². The molecule has 0 aliphatic heterocycles. The highest BCUT2D eigenvalue weighted by atomic mass is 19.1. The van der Waals surface area contributed by atoms with Crippen LogP contribution in [0.5, 0.6) is 0 Å². The van der Waals surface area contributed by atoms with E-state index < -0.39 is 11.6 Å². The second-order valence-corrected chi connectivity index (χ2v) is 4.68. The minimum Gasteiger partial charge on any atom is -0.306 e. The van der Waals surface area contributed by atoms with E-state index in [1.165, 1.54) is 12.1 Å². The SMILES string of the molecule is CC(NCc1c(F)cc(C#N)cc1F)c1ccc(F)cc1. The van der Waals surface area contributed by atoms with Crippen molar-refractivity contribution in [2.24, 2.45) is 0 Å². The lowest BCUT2D eigenvalue weighted by atomic mass is 10.1. The van der Waals surface area contributed by atoms with Crippen molar-refractivity contribution in [1.82, 2.24) is 5.32 Å². The molecule has 0 saturated carbocycles. The van der Waals surface area contributed by atoms with E-state index in [4.69, 9.17) is 5.26 Å². The molecule has 0 bridgehead atoms. The molecule has 21 heavy (non-hydrogen) atoms. The normalized spacial score (nSPS) is 12.0. The summed E-state index contributed by atoms with van der Waals surface area (Å²) in [6.07, 6.45) is 0. The van der Waals surface area contributed by atoms with E-state index in [1.54, 1.807) is 18.2 Å². The van der Waals surface area contributed by atoms with Gasteiger partial charge in [0.15, 0.2) is 0 Å². The maximum Gasteiger partial charge on any atom is 0.131 e. The number of hydrogen-bond acceptors (Lipinski definition) is 2. The Bertz CT molecular complexity index is 652. The summed E-state index contributed by atoms with van der Waals surface area (Å²) in [5.74, 6) is -1.86. The first-order valence-electron chi connectivity index (χ1n) is 6.38. The van der Waals surface area contributed by atoms with Gasteiger partial charge in [-0.05, 0) is 36.8 Å². The summed E-state index contributed by atoms with van der Waals surface area (Å²) < 4.78 is 40.3. The zero-order valence-corrected chi connectivity index (χ0v) is 11.3. The van der Waals surface area contributed by atoms with Crippen molar-refractivity contribution >= 4 is 0 Å². The van der Waals surface area contributed by atoms with Gasteiger partial charge in [0.25, 0.3) is 0 Å². The Morgan fingerprint density at radius 2 is 1.67 bits per heavy atom. The van der Waals surface area contributed by atoms with Crippen LogP contribution in [0.2, 0.25) is 0 Å². The van der Waals surface area contributed by atoms with Crippen molar-refractivity contribution in [3.63, 3.8) is 0 Å². The van der Waals surface area contributed by atoms with Crippen molar-refractivity contribution in [3.8, 4) is 6.07 Å². The molecule has 0 aromatic heterocycles. The van der Waals surface area contributed by atoms with Gasteiger partial charge < -0.3 is 5.32 Å². The van der Waals surface area contributed by atoms with Crippen LogP contribution >= 0.6 is 0 Å². The number of benzene rings is 2. The molecule has 1 N–H and O–H groups in total. The van der Waals surface area contributed by atoms with Gasteiger partial charge in [-0.3, -0.25) is 0 Å². The molecule has 0 fully saturated rings. The summed E-state index contributed by atoms with van der Waals surface area (Å²) in [6, 6.07) is 9.39. The largest absolute Gasteiger partial charge is 0.306 e. The van der Waals surface area contributed by atoms with Gasteiger partial charge in [-0.1, -0.05) is 12.1 Å². The van der Waals surface area contributed by atoms with Crippen LogP contribution in [-0.2, 0) is 6.54 Å². The Morgan fingerprint density at radius 1 is 1.10 bits per heavy atom. The second kappa shape index (κ2) is 6.42. The molecule has 5 heteroatoms. The van der Waals surface area contributed by atoms with Crippen molar-refractivity contribution in [3.05, 3.63) is 70.5 Å². The molecule has 0 radical (unpaired) electrons. The molecule has 0 aliphatic carbocycles. The van der Waals surface area contributed by atoms with Gasteiger partial charge in [-0.15, -0.1) is 0 Å². The summed E-state index contributed by atoms with van der Waals surface area (Å²) >= 11 is 0. The molecule has 1 atom stereocenters.